The maximum absolute atomic E-state index is 5.75. The Balaban J connectivity index is 1.64. The van der Waals surface area contributed by atoms with Crippen LogP contribution in [0.2, 0.25) is 0 Å². The Hall–Kier alpha value is -1.02. The van der Waals surface area contributed by atoms with Gasteiger partial charge >= 0.3 is 0 Å². The highest BCUT2D eigenvalue weighted by molar-refractivity contribution is 5.40. The molecule has 88 valence electrons. The lowest BCUT2D eigenvalue weighted by Crippen LogP contribution is -2.20. The fourth-order valence-electron chi connectivity index (χ4n) is 2.42. The summed E-state index contributed by atoms with van der Waals surface area (Å²) in [6, 6.07) is 8.26. The zero-order chi connectivity index (χ0) is 11.2. The van der Waals surface area contributed by atoms with Gasteiger partial charge in [0.25, 0.3) is 0 Å². The minimum Gasteiger partial charge on any atom is -0.399 e. The van der Waals surface area contributed by atoms with E-state index in [0.29, 0.717) is 0 Å². The molecule has 1 aliphatic heterocycles. The molecule has 2 N–H and O–H groups in total. The van der Waals surface area contributed by atoms with Crippen LogP contribution < -0.4 is 5.73 Å². The number of nitrogens with two attached hydrogens (primary N) is 1. The topological polar surface area (TPSA) is 29.3 Å². The van der Waals surface area contributed by atoms with Gasteiger partial charge in [-0.25, -0.2) is 0 Å². The summed E-state index contributed by atoms with van der Waals surface area (Å²) in [5, 5.41) is 0. The molecule has 1 fully saturated rings. The second-order valence-electron chi connectivity index (χ2n) is 4.75. The van der Waals surface area contributed by atoms with Crippen molar-refractivity contribution in [1.29, 1.82) is 0 Å². The van der Waals surface area contributed by atoms with Crippen molar-refractivity contribution in [3.63, 3.8) is 0 Å². The number of rotatable bonds is 5. The van der Waals surface area contributed by atoms with Crippen LogP contribution in [-0.4, -0.2) is 24.5 Å². The van der Waals surface area contributed by atoms with Crippen LogP contribution in [0.4, 0.5) is 5.69 Å². The van der Waals surface area contributed by atoms with Crippen LogP contribution in [0, 0.1) is 0 Å². The van der Waals surface area contributed by atoms with Crippen LogP contribution in [0.1, 0.15) is 31.2 Å². The normalized spacial score (nSPS) is 16.8. The average Bonchev–Trinajstić information content (AvgIpc) is 2.77. The molecule has 1 aromatic rings. The van der Waals surface area contributed by atoms with Gasteiger partial charge in [0.15, 0.2) is 0 Å². The summed E-state index contributed by atoms with van der Waals surface area (Å²) in [7, 11) is 0. The lowest BCUT2D eigenvalue weighted by atomic mass is 10.1. The molecule has 0 bridgehead atoms. The van der Waals surface area contributed by atoms with E-state index < -0.39 is 0 Å². The number of hydrogen-bond acceptors (Lipinski definition) is 2. The van der Waals surface area contributed by atoms with E-state index in [1.165, 1.54) is 57.3 Å². The first kappa shape index (κ1) is 11.5. The van der Waals surface area contributed by atoms with Crippen LogP contribution in [0.3, 0.4) is 0 Å². The predicted octanol–water partition coefficient (Wildman–Crippen LogP) is 2.69. The Labute approximate surface area is 98.4 Å². The van der Waals surface area contributed by atoms with Crippen molar-refractivity contribution in [3.8, 4) is 0 Å². The second-order valence-corrected chi connectivity index (χ2v) is 4.75. The number of likely N-dealkylation sites (tertiary alicyclic amines) is 1. The number of nitrogens with zero attached hydrogens (tertiary/aromatic N) is 1. The molecule has 1 saturated heterocycles. The molecule has 16 heavy (non-hydrogen) atoms. The van der Waals surface area contributed by atoms with Gasteiger partial charge in [0.2, 0.25) is 0 Å². The highest BCUT2D eigenvalue weighted by Gasteiger charge is 2.09. The number of benzene rings is 1. The van der Waals surface area contributed by atoms with Gasteiger partial charge in [0, 0.05) is 5.69 Å². The first-order chi connectivity index (χ1) is 7.84. The van der Waals surface area contributed by atoms with Gasteiger partial charge in [-0.1, -0.05) is 12.1 Å². The average molecular weight is 218 g/mol. The van der Waals surface area contributed by atoms with Crippen LogP contribution in [0.5, 0.6) is 0 Å². The fourth-order valence-corrected chi connectivity index (χ4v) is 2.42. The van der Waals surface area contributed by atoms with Gasteiger partial charge in [-0.15, -0.1) is 0 Å². The van der Waals surface area contributed by atoms with Gasteiger partial charge in [-0.05, 0) is 69.4 Å². The van der Waals surface area contributed by atoms with Gasteiger partial charge in [0.05, 0.1) is 0 Å². The standard InChI is InChI=1S/C14H22N2/c15-14-8-5-7-13(12-14)6-1-2-9-16-10-3-4-11-16/h5,7-8,12H,1-4,6,9-11,15H2. The molecule has 1 aliphatic rings. The Morgan fingerprint density at radius 3 is 2.69 bits per heavy atom. The van der Waals surface area contributed by atoms with E-state index in [4.69, 9.17) is 5.73 Å². The SMILES string of the molecule is Nc1cccc(CCCCN2CCCC2)c1. The zero-order valence-electron chi connectivity index (χ0n) is 9.99. The van der Waals surface area contributed by atoms with Gasteiger partial charge < -0.3 is 10.6 Å². The van der Waals surface area contributed by atoms with E-state index in [2.05, 4.69) is 17.0 Å². The van der Waals surface area contributed by atoms with E-state index in [-0.39, 0.29) is 0 Å². The lowest BCUT2D eigenvalue weighted by molar-refractivity contribution is 0.330. The predicted molar refractivity (Wildman–Crippen MR) is 69.5 cm³/mol. The van der Waals surface area contributed by atoms with Crippen molar-refractivity contribution in [2.24, 2.45) is 0 Å². The van der Waals surface area contributed by atoms with Crippen molar-refractivity contribution < 1.29 is 0 Å². The zero-order valence-corrected chi connectivity index (χ0v) is 9.99. The third-order valence-electron chi connectivity index (χ3n) is 3.34. The third kappa shape index (κ3) is 3.53. The summed E-state index contributed by atoms with van der Waals surface area (Å²) in [4.78, 5) is 2.58. The Morgan fingerprint density at radius 2 is 1.94 bits per heavy atom. The number of anilines is 1. The molecule has 0 unspecified atom stereocenters. The molecule has 0 aliphatic carbocycles. The van der Waals surface area contributed by atoms with E-state index >= 15 is 0 Å². The summed E-state index contributed by atoms with van der Waals surface area (Å²) in [6.07, 6.45) is 6.55. The Bertz CT molecular complexity index is 316. The molecule has 2 heteroatoms. The molecule has 0 saturated carbocycles. The largest absolute Gasteiger partial charge is 0.399 e. The Morgan fingerprint density at radius 1 is 1.12 bits per heavy atom. The fraction of sp³-hybridized carbons (Fsp3) is 0.571. The van der Waals surface area contributed by atoms with Crippen molar-refractivity contribution >= 4 is 5.69 Å². The molecule has 0 atom stereocenters. The molecular weight excluding hydrogens is 196 g/mol. The summed E-state index contributed by atoms with van der Waals surface area (Å²) >= 11 is 0. The first-order valence-corrected chi connectivity index (χ1v) is 6.41. The summed E-state index contributed by atoms with van der Waals surface area (Å²) in [5.74, 6) is 0. The highest BCUT2D eigenvalue weighted by Crippen LogP contribution is 2.12. The number of nitrogen functional groups attached to an aromatic ring is 1. The van der Waals surface area contributed by atoms with Crippen molar-refractivity contribution in [2.45, 2.75) is 32.1 Å². The highest BCUT2D eigenvalue weighted by atomic mass is 15.1. The minimum absolute atomic E-state index is 0.886. The molecule has 0 radical (unpaired) electrons. The van der Waals surface area contributed by atoms with E-state index in [9.17, 15) is 0 Å². The monoisotopic (exact) mass is 218 g/mol. The maximum Gasteiger partial charge on any atom is 0.0316 e. The van der Waals surface area contributed by atoms with Crippen LogP contribution >= 0.6 is 0 Å². The number of hydrogen-bond donors (Lipinski definition) is 1. The van der Waals surface area contributed by atoms with Crippen LogP contribution in [0.25, 0.3) is 0 Å². The van der Waals surface area contributed by atoms with Gasteiger partial charge in [0.1, 0.15) is 0 Å². The van der Waals surface area contributed by atoms with Crippen molar-refractivity contribution in [2.75, 3.05) is 25.4 Å². The molecule has 1 heterocycles. The van der Waals surface area contributed by atoms with Crippen LogP contribution in [0.15, 0.2) is 24.3 Å². The molecular formula is C14H22N2. The van der Waals surface area contributed by atoms with E-state index in [1.807, 2.05) is 12.1 Å². The molecule has 0 amide bonds. The van der Waals surface area contributed by atoms with Crippen molar-refractivity contribution in [1.82, 2.24) is 4.90 Å². The van der Waals surface area contributed by atoms with Gasteiger partial charge in [-0.2, -0.15) is 0 Å². The molecule has 2 nitrogen and oxygen atoms in total. The van der Waals surface area contributed by atoms with E-state index in [0.717, 1.165) is 5.69 Å². The lowest BCUT2D eigenvalue weighted by Gasteiger charge is -2.13. The smallest absolute Gasteiger partial charge is 0.0316 e. The minimum atomic E-state index is 0.886. The second kappa shape index (κ2) is 5.90. The maximum atomic E-state index is 5.75. The molecule has 0 aromatic heterocycles. The van der Waals surface area contributed by atoms with Gasteiger partial charge in [-0.3, -0.25) is 0 Å². The Kier molecular flexibility index (Phi) is 4.23. The summed E-state index contributed by atoms with van der Waals surface area (Å²) in [6.45, 7) is 3.92. The van der Waals surface area contributed by atoms with Crippen LogP contribution in [-0.2, 0) is 6.42 Å². The molecule has 0 spiro atoms. The first-order valence-electron chi connectivity index (χ1n) is 6.41. The third-order valence-corrected chi connectivity index (χ3v) is 3.34. The summed E-state index contributed by atoms with van der Waals surface area (Å²) in [5.41, 5.74) is 8.02. The quantitative estimate of drug-likeness (QED) is 0.608. The molecule has 2 rings (SSSR count). The number of unbranched alkanes of at least 4 members (excludes halogenated alkanes) is 1. The molecule has 1 aromatic carbocycles. The summed E-state index contributed by atoms with van der Waals surface area (Å²) < 4.78 is 0. The van der Waals surface area contributed by atoms with E-state index in [1.54, 1.807) is 0 Å². The number of aryl methyl sites for hydroxylation is 1. The van der Waals surface area contributed by atoms with Crippen molar-refractivity contribution in [3.05, 3.63) is 29.8 Å².